The molecule has 3 nitrogen and oxygen atoms in total. The molecule has 1 aliphatic rings. The van der Waals surface area contributed by atoms with Crippen molar-refractivity contribution >= 4 is 23.9 Å². The fourth-order valence-corrected chi connectivity index (χ4v) is 3.27. The molecule has 1 aliphatic heterocycles. The van der Waals surface area contributed by atoms with Crippen LogP contribution in [0.4, 0.5) is 4.79 Å². The van der Waals surface area contributed by atoms with Crippen LogP contribution in [0.1, 0.15) is 45.6 Å². The molecule has 2 rings (SSSR count). The molecule has 132 valence electrons. The van der Waals surface area contributed by atoms with Gasteiger partial charge in [0.2, 0.25) is 0 Å². The minimum atomic E-state index is -0.424. The summed E-state index contributed by atoms with van der Waals surface area (Å²) in [5.41, 5.74) is 0.806. The van der Waals surface area contributed by atoms with Crippen molar-refractivity contribution in [2.24, 2.45) is 5.92 Å². The predicted octanol–water partition coefficient (Wildman–Crippen LogP) is 5.46. The minimum absolute atomic E-state index is 0.177. The number of carbonyl (C=O) groups excluding carboxylic acids is 1. The summed E-state index contributed by atoms with van der Waals surface area (Å²) < 4.78 is 5.49. The molecule has 1 aromatic carbocycles. The smallest absolute Gasteiger partial charge is 0.410 e. The summed E-state index contributed by atoms with van der Waals surface area (Å²) >= 11 is 1.76. The Hall–Kier alpha value is -1.42. The fraction of sp³-hybridized carbons (Fsp3) is 0.550. The maximum atomic E-state index is 12.2. The summed E-state index contributed by atoms with van der Waals surface area (Å²) in [4.78, 5) is 15.3. The van der Waals surface area contributed by atoms with Crippen LogP contribution in [0, 0.1) is 5.92 Å². The predicted molar refractivity (Wildman–Crippen MR) is 102 cm³/mol. The molecule has 0 radical (unpaired) electrons. The molecular formula is C20H29NO2S. The van der Waals surface area contributed by atoms with E-state index in [2.05, 4.69) is 42.7 Å². The molecule has 0 aromatic heterocycles. The Morgan fingerprint density at radius 2 is 2.04 bits per heavy atom. The number of nitrogens with zero attached hydrogens (tertiary/aromatic N) is 1. The second-order valence-electron chi connectivity index (χ2n) is 7.35. The van der Waals surface area contributed by atoms with E-state index in [-0.39, 0.29) is 6.09 Å². The third-order valence-corrected chi connectivity index (χ3v) is 4.81. The molecule has 1 aromatic rings. The molecule has 4 heteroatoms. The maximum Gasteiger partial charge on any atom is 0.410 e. The SMILES string of the molecule is CSc1ccc(/C=C/CC2CCCN(C(=O)OC(C)(C)C)C2)cc1. The molecule has 1 unspecified atom stereocenters. The third kappa shape index (κ3) is 6.23. The summed E-state index contributed by atoms with van der Waals surface area (Å²) in [5.74, 6) is 0.521. The quantitative estimate of drug-likeness (QED) is 0.677. The van der Waals surface area contributed by atoms with E-state index in [0.29, 0.717) is 5.92 Å². The molecule has 1 saturated heterocycles. The Kier molecular flexibility index (Phi) is 6.79. The molecular weight excluding hydrogens is 318 g/mol. The number of allylic oxidation sites excluding steroid dienone is 1. The van der Waals surface area contributed by atoms with Crippen LogP contribution in [0.25, 0.3) is 6.08 Å². The number of piperidine rings is 1. The summed E-state index contributed by atoms with van der Waals surface area (Å²) in [5, 5.41) is 0. The maximum absolute atomic E-state index is 12.2. The van der Waals surface area contributed by atoms with Gasteiger partial charge in [-0.1, -0.05) is 24.3 Å². The van der Waals surface area contributed by atoms with E-state index in [9.17, 15) is 4.79 Å². The van der Waals surface area contributed by atoms with E-state index < -0.39 is 5.60 Å². The second-order valence-corrected chi connectivity index (χ2v) is 8.23. The fourth-order valence-electron chi connectivity index (χ4n) is 2.86. The lowest BCUT2D eigenvalue weighted by Gasteiger charge is -2.33. The first-order valence-electron chi connectivity index (χ1n) is 8.66. The number of hydrogen-bond acceptors (Lipinski definition) is 3. The number of likely N-dealkylation sites (tertiary alicyclic amines) is 1. The summed E-state index contributed by atoms with van der Waals surface area (Å²) in [7, 11) is 0. The van der Waals surface area contributed by atoms with Crippen LogP contribution < -0.4 is 0 Å². The Balaban J connectivity index is 1.83. The highest BCUT2D eigenvalue weighted by Crippen LogP contribution is 2.23. The second kappa shape index (κ2) is 8.61. The summed E-state index contributed by atoms with van der Waals surface area (Å²) in [6.45, 7) is 7.35. The van der Waals surface area contributed by atoms with Crippen molar-refractivity contribution in [2.75, 3.05) is 19.3 Å². The van der Waals surface area contributed by atoms with Gasteiger partial charge in [0.15, 0.2) is 0 Å². The lowest BCUT2D eigenvalue weighted by molar-refractivity contribution is 0.0167. The highest BCUT2D eigenvalue weighted by Gasteiger charge is 2.26. The van der Waals surface area contributed by atoms with Crippen molar-refractivity contribution < 1.29 is 9.53 Å². The Bertz CT molecular complexity index is 560. The monoisotopic (exact) mass is 347 g/mol. The van der Waals surface area contributed by atoms with Crippen molar-refractivity contribution in [2.45, 2.75) is 50.5 Å². The minimum Gasteiger partial charge on any atom is -0.444 e. The van der Waals surface area contributed by atoms with E-state index in [1.54, 1.807) is 11.8 Å². The van der Waals surface area contributed by atoms with Crippen molar-refractivity contribution in [1.29, 1.82) is 0 Å². The van der Waals surface area contributed by atoms with Gasteiger partial charge in [-0.15, -0.1) is 11.8 Å². The molecule has 0 spiro atoms. The molecule has 1 fully saturated rings. The molecule has 1 atom stereocenters. The third-order valence-electron chi connectivity index (χ3n) is 4.07. The number of amides is 1. The van der Waals surface area contributed by atoms with Crippen molar-refractivity contribution in [3.05, 3.63) is 35.9 Å². The van der Waals surface area contributed by atoms with Gasteiger partial charge in [-0.3, -0.25) is 0 Å². The van der Waals surface area contributed by atoms with Crippen LogP contribution in [-0.4, -0.2) is 35.9 Å². The molecule has 1 amide bonds. The van der Waals surface area contributed by atoms with Gasteiger partial charge in [-0.2, -0.15) is 0 Å². The number of carbonyl (C=O) groups is 1. The van der Waals surface area contributed by atoms with Crippen molar-refractivity contribution in [1.82, 2.24) is 4.90 Å². The van der Waals surface area contributed by atoms with E-state index >= 15 is 0 Å². The van der Waals surface area contributed by atoms with Crippen molar-refractivity contribution in [3.8, 4) is 0 Å². The zero-order valence-electron chi connectivity index (χ0n) is 15.2. The number of thioether (sulfide) groups is 1. The first-order valence-corrected chi connectivity index (χ1v) is 9.88. The molecule has 0 saturated carbocycles. The van der Waals surface area contributed by atoms with Gasteiger partial charge in [-0.05, 0) is 69.9 Å². The van der Waals surface area contributed by atoms with E-state index in [1.165, 1.54) is 16.9 Å². The zero-order chi connectivity index (χ0) is 17.6. The lowest BCUT2D eigenvalue weighted by atomic mass is 9.94. The molecule has 0 aliphatic carbocycles. The van der Waals surface area contributed by atoms with Crippen LogP contribution in [-0.2, 0) is 4.74 Å². The van der Waals surface area contributed by atoms with Gasteiger partial charge >= 0.3 is 6.09 Å². The molecule has 0 bridgehead atoms. The number of benzene rings is 1. The van der Waals surface area contributed by atoms with Gasteiger partial charge in [0.05, 0.1) is 0 Å². The Morgan fingerprint density at radius 1 is 1.33 bits per heavy atom. The lowest BCUT2D eigenvalue weighted by Crippen LogP contribution is -2.42. The number of hydrogen-bond donors (Lipinski definition) is 0. The van der Waals surface area contributed by atoms with Crippen molar-refractivity contribution in [3.63, 3.8) is 0 Å². The highest BCUT2D eigenvalue weighted by atomic mass is 32.2. The standard InChI is InChI=1S/C20H29NO2S/c1-20(2,3)23-19(22)21-14-6-9-17(15-21)8-5-7-16-10-12-18(24-4)13-11-16/h5,7,10-13,17H,6,8-9,14-15H2,1-4H3/b7-5+. The first kappa shape index (κ1) is 18.9. The number of rotatable bonds is 4. The first-order chi connectivity index (χ1) is 11.4. The van der Waals surface area contributed by atoms with Crippen LogP contribution in [0.3, 0.4) is 0 Å². The summed E-state index contributed by atoms with van der Waals surface area (Å²) in [6, 6.07) is 8.59. The Morgan fingerprint density at radius 3 is 2.67 bits per heavy atom. The van der Waals surface area contributed by atoms with Gasteiger partial charge in [0.1, 0.15) is 5.60 Å². The largest absolute Gasteiger partial charge is 0.444 e. The van der Waals surface area contributed by atoms with Gasteiger partial charge < -0.3 is 9.64 Å². The molecule has 0 N–H and O–H groups in total. The van der Waals surface area contributed by atoms with Gasteiger partial charge in [0, 0.05) is 18.0 Å². The van der Waals surface area contributed by atoms with Crippen LogP contribution >= 0.6 is 11.8 Å². The average Bonchev–Trinajstić information content (AvgIpc) is 2.54. The van der Waals surface area contributed by atoms with E-state index in [1.807, 2.05) is 25.7 Å². The van der Waals surface area contributed by atoms with Crippen LogP contribution in [0.2, 0.25) is 0 Å². The number of ether oxygens (including phenoxy) is 1. The zero-order valence-corrected chi connectivity index (χ0v) is 16.1. The van der Waals surface area contributed by atoms with E-state index in [4.69, 9.17) is 4.74 Å². The normalized spacial score (nSPS) is 18.8. The van der Waals surface area contributed by atoms with E-state index in [0.717, 1.165) is 25.9 Å². The van der Waals surface area contributed by atoms with Crippen LogP contribution in [0.15, 0.2) is 35.2 Å². The van der Waals surface area contributed by atoms with Crippen LogP contribution in [0.5, 0.6) is 0 Å². The highest BCUT2D eigenvalue weighted by molar-refractivity contribution is 7.98. The Labute approximate surface area is 150 Å². The molecule has 24 heavy (non-hydrogen) atoms. The topological polar surface area (TPSA) is 29.5 Å². The van der Waals surface area contributed by atoms with Gasteiger partial charge in [-0.25, -0.2) is 4.79 Å². The summed E-state index contributed by atoms with van der Waals surface area (Å²) in [6.07, 6.45) is 9.56. The van der Waals surface area contributed by atoms with Gasteiger partial charge in [0.25, 0.3) is 0 Å². The molecule has 1 heterocycles. The average molecular weight is 348 g/mol.